The minimum Gasteiger partial charge on any atom is -0.495 e. The van der Waals surface area contributed by atoms with E-state index in [4.69, 9.17) is 27.9 Å². The van der Waals surface area contributed by atoms with E-state index in [-0.39, 0.29) is 10.6 Å². The van der Waals surface area contributed by atoms with Crippen LogP contribution >= 0.6 is 23.2 Å². The third-order valence-electron chi connectivity index (χ3n) is 6.51. The van der Waals surface area contributed by atoms with Gasteiger partial charge in [0.2, 0.25) is 0 Å². The van der Waals surface area contributed by atoms with Crippen molar-refractivity contribution < 1.29 is 17.9 Å². The number of rotatable bonds is 9. The molecule has 0 fully saturated rings. The number of anilines is 1. The highest BCUT2D eigenvalue weighted by Gasteiger charge is 2.29. The van der Waals surface area contributed by atoms with E-state index >= 15 is 0 Å². The quantitative estimate of drug-likeness (QED) is 0.175. The lowest BCUT2D eigenvalue weighted by Gasteiger charge is -2.25. The maximum atomic E-state index is 13.8. The summed E-state index contributed by atoms with van der Waals surface area (Å²) < 4.78 is 35.9. The fraction of sp³-hybridized carbons (Fsp3) is 0.200. The number of hydrogen-bond donors (Lipinski definition) is 1. The van der Waals surface area contributed by atoms with Crippen LogP contribution in [0.25, 0.3) is 5.69 Å². The summed E-state index contributed by atoms with van der Waals surface area (Å²) in [7, 11) is -2.68. The first kappa shape index (κ1) is 30.2. The predicted octanol–water partition coefficient (Wildman–Crippen LogP) is 6.37. The molecular formula is C30H30Cl2N4O4S. The average molecular weight is 614 g/mol. The Balaban J connectivity index is 1.61. The lowest BCUT2D eigenvalue weighted by molar-refractivity contribution is -0.119. The first-order valence-corrected chi connectivity index (χ1v) is 14.8. The number of nitrogens with zero attached hydrogens (tertiary/aromatic N) is 3. The molecule has 0 saturated carbocycles. The van der Waals surface area contributed by atoms with Crippen LogP contribution in [-0.2, 0) is 14.8 Å². The molecule has 11 heteroatoms. The Morgan fingerprint density at radius 2 is 1.66 bits per heavy atom. The highest BCUT2D eigenvalue weighted by atomic mass is 35.5. The van der Waals surface area contributed by atoms with Crippen LogP contribution in [0.4, 0.5) is 5.69 Å². The second-order valence-corrected chi connectivity index (χ2v) is 12.3. The molecule has 0 spiro atoms. The standard InChI is InChI=1S/C30H30Cl2N4O4S/c1-19-6-10-25(11-7-19)41(38,39)35(28-14-20(2)8-13-29(28)40-5)18-30(37)34-33-17-23-15-21(3)36(22(23)4)27-12-9-24(31)16-26(27)32/h6-17H,18H2,1-5H3,(H,34,37)/b33-17-. The average Bonchev–Trinajstić information content (AvgIpc) is 3.20. The second-order valence-electron chi connectivity index (χ2n) is 9.55. The lowest BCUT2D eigenvalue weighted by atomic mass is 10.2. The third-order valence-corrected chi connectivity index (χ3v) is 8.82. The van der Waals surface area contributed by atoms with Crippen LogP contribution in [0.2, 0.25) is 10.0 Å². The Bertz CT molecular complexity index is 1730. The van der Waals surface area contributed by atoms with Crippen LogP contribution in [0.5, 0.6) is 5.75 Å². The van der Waals surface area contributed by atoms with E-state index in [2.05, 4.69) is 10.5 Å². The van der Waals surface area contributed by atoms with E-state index in [1.54, 1.807) is 42.5 Å². The molecule has 0 aliphatic carbocycles. The van der Waals surface area contributed by atoms with Crippen molar-refractivity contribution in [3.63, 3.8) is 0 Å². The zero-order valence-corrected chi connectivity index (χ0v) is 25.6. The SMILES string of the molecule is COc1ccc(C)cc1N(CC(=O)N/N=C\c1cc(C)n(-c2ccc(Cl)cc2Cl)c1C)S(=O)(=O)c1ccc(C)cc1. The van der Waals surface area contributed by atoms with E-state index < -0.39 is 22.5 Å². The molecule has 1 heterocycles. The summed E-state index contributed by atoms with van der Waals surface area (Å²) >= 11 is 12.5. The highest BCUT2D eigenvalue weighted by molar-refractivity contribution is 7.92. The maximum Gasteiger partial charge on any atom is 0.264 e. The van der Waals surface area contributed by atoms with Crippen molar-refractivity contribution >= 4 is 51.0 Å². The summed E-state index contributed by atoms with van der Waals surface area (Å²) in [5, 5.41) is 5.15. The zero-order chi connectivity index (χ0) is 29.9. The Labute approximate surface area is 250 Å². The summed E-state index contributed by atoms with van der Waals surface area (Å²) in [6.45, 7) is 7.01. The van der Waals surface area contributed by atoms with Crippen LogP contribution in [0, 0.1) is 27.7 Å². The summed E-state index contributed by atoms with van der Waals surface area (Å²) in [4.78, 5) is 13.1. The van der Waals surface area contributed by atoms with Gasteiger partial charge in [0.25, 0.3) is 15.9 Å². The Hall–Kier alpha value is -3.79. The van der Waals surface area contributed by atoms with Crippen LogP contribution in [0.1, 0.15) is 28.1 Å². The summed E-state index contributed by atoms with van der Waals surface area (Å²) in [5.41, 5.74) is 7.68. The first-order valence-electron chi connectivity index (χ1n) is 12.6. The molecule has 1 N–H and O–H groups in total. The van der Waals surface area contributed by atoms with Gasteiger partial charge in [-0.25, -0.2) is 13.8 Å². The van der Waals surface area contributed by atoms with Gasteiger partial charge < -0.3 is 9.30 Å². The van der Waals surface area contributed by atoms with Gasteiger partial charge in [-0.2, -0.15) is 5.10 Å². The number of hydrogen-bond acceptors (Lipinski definition) is 5. The van der Waals surface area contributed by atoms with E-state index in [9.17, 15) is 13.2 Å². The number of ether oxygens (including phenoxy) is 1. The lowest BCUT2D eigenvalue weighted by Crippen LogP contribution is -2.39. The van der Waals surface area contributed by atoms with Gasteiger partial charge in [-0.05, 0) is 81.8 Å². The van der Waals surface area contributed by atoms with Crippen LogP contribution in [0.3, 0.4) is 0 Å². The molecule has 41 heavy (non-hydrogen) atoms. The molecule has 1 aromatic heterocycles. The molecule has 3 aromatic carbocycles. The molecule has 4 rings (SSSR count). The molecule has 0 bridgehead atoms. The van der Waals surface area contributed by atoms with E-state index in [1.165, 1.54) is 25.5 Å². The van der Waals surface area contributed by atoms with Crippen molar-refractivity contribution in [2.45, 2.75) is 32.6 Å². The molecule has 214 valence electrons. The smallest absolute Gasteiger partial charge is 0.264 e. The monoisotopic (exact) mass is 612 g/mol. The van der Waals surface area contributed by atoms with Crippen molar-refractivity contribution in [3.8, 4) is 11.4 Å². The van der Waals surface area contributed by atoms with Gasteiger partial charge in [0.05, 0.1) is 34.6 Å². The molecule has 0 atom stereocenters. The van der Waals surface area contributed by atoms with Gasteiger partial charge in [-0.15, -0.1) is 0 Å². The molecule has 0 aliphatic heterocycles. The summed E-state index contributed by atoms with van der Waals surface area (Å²) in [5.74, 6) is -0.314. The van der Waals surface area contributed by atoms with Gasteiger partial charge in [-0.3, -0.25) is 9.10 Å². The Morgan fingerprint density at radius 3 is 2.32 bits per heavy atom. The number of hydrazone groups is 1. The minimum atomic E-state index is -4.12. The third kappa shape index (κ3) is 6.59. The maximum absolute atomic E-state index is 13.8. The highest BCUT2D eigenvalue weighted by Crippen LogP contribution is 2.33. The molecule has 0 unspecified atom stereocenters. The molecule has 0 aliphatic rings. The number of aryl methyl sites for hydroxylation is 3. The molecule has 4 aromatic rings. The number of methoxy groups -OCH3 is 1. The van der Waals surface area contributed by atoms with Crippen LogP contribution in [-0.4, -0.2) is 38.8 Å². The number of halogens is 2. The predicted molar refractivity (Wildman–Crippen MR) is 164 cm³/mol. The largest absolute Gasteiger partial charge is 0.495 e. The van der Waals surface area contributed by atoms with Gasteiger partial charge >= 0.3 is 0 Å². The number of nitrogens with one attached hydrogen (secondary N) is 1. The first-order chi connectivity index (χ1) is 19.4. The van der Waals surface area contributed by atoms with Gasteiger partial charge in [0.1, 0.15) is 12.3 Å². The van der Waals surface area contributed by atoms with Crippen LogP contribution < -0.4 is 14.5 Å². The number of sulfonamides is 1. The van der Waals surface area contributed by atoms with Crippen LogP contribution in [0.15, 0.2) is 76.7 Å². The molecule has 1 amide bonds. The minimum absolute atomic E-state index is 0.0521. The second kappa shape index (κ2) is 12.4. The molecule has 0 saturated heterocycles. The van der Waals surface area contributed by atoms with E-state index in [0.29, 0.717) is 15.8 Å². The van der Waals surface area contributed by atoms with Crippen molar-refractivity contribution in [1.29, 1.82) is 0 Å². The van der Waals surface area contributed by atoms with Crippen molar-refractivity contribution in [3.05, 3.63) is 105 Å². The zero-order valence-electron chi connectivity index (χ0n) is 23.3. The van der Waals surface area contributed by atoms with Crippen molar-refractivity contribution in [2.24, 2.45) is 5.10 Å². The molecule has 8 nitrogen and oxygen atoms in total. The Kier molecular flexibility index (Phi) is 9.11. The van der Waals surface area contributed by atoms with Gasteiger partial charge in [0, 0.05) is 22.0 Å². The molecular weight excluding hydrogens is 583 g/mol. The summed E-state index contributed by atoms with van der Waals surface area (Å²) in [6.07, 6.45) is 1.51. The fourth-order valence-corrected chi connectivity index (χ4v) is 6.34. The number of aromatic nitrogens is 1. The van der Waals surface area contributed by atoms with Crippen molar-refractivity contribution in [2.75, 3.05) is 18.0 Å². The normalized spacial score (nSPS) is 11.6. The number of carbonyl (C=O) groups is 1. The number of carbonyl (C=O) groups excluding carboxylic acids is 1. The van der Waals surface area contributed by atoms with Gasteiger partial charge in [-0.1, -0.05) is 47.0 Å². The van der Waals surface area contributed by atoms with E-state index in [0.717, 1.165) is 38.1 Å². The fourth-order valence-electron chi connectivity index (χ4n) is 4.42. The van der Waals surface area contributed by atoms with Gasteiger partial charge in [0.15, 0.2) is 0 Å². The topological polar surface area (TPSA) is 93.0 Å². The Morgan fingerprint density at radius 1 is 0.976 bits per heavy atom. The summed E-state index contributed by atoms with van der Waals surface area (Å²) in [6, 6.07) is 18.7. The molecule has 0 radical (unpaired) electrons. The van der Waals surface area contributed by atoms with E-state index in [1.807, 2.05) is 44.4 Å². The number of amides is 1. The number of benzene rings is 3. The van der Waals surface area contributed by atoms with Crippen molar-refractivity contribution in [1.82, 2.24) is 9.99 Å².